The number of esters is 4. The van der Waals surface area contributed by atoms with Gasteiger partial charge in [-0.25, -0.2) is 9.13 Å². The molecule has 0 amide bonds. The van der Waals surface area contributed by atoms with E-state index in [1.54, 1.807) is 0 Å². The summed E-state index contributed by atoms with van der Waals surface area (Å²) in [5.41, 5.74) is 0. The SMILES string of the molecule is CC/C=C\C/C=C\C/C=C\C/C=C\C/C=C\C/C=C\CCC(=O)OCC(COP(=O)(O)OCC(O)COP(=O)(O)OCC(COC(=O)CCCCCCC/C=C\CCCCCCCC)OC(=O)CCCCCCCCCCCCC)OC(=O)CCCCCCCC/C=C\C/C=C\C/C=C\CCCCC. The molecule has 598 valence electrons. The van der Waals surface area contributed by atoms with Crippen LogP contribution in [0.1, 0.15) is 336 Å². The van der Waals surface area contributed by atoms with Crippen molar-refractivity contribution in [2.45, 2.75) is 354 Å². The van der Waals surface area contributed by atoms with E-state index in [0.717, 1.165) is 154 Å². The number of hydrogen-bond donors (Lipinski definition) is 3. The van der Waals surface area contributed by atoms with Gasteiger partial charge >= 0.3 is 39.5 Å². The number of phosphoric acid groups is 2. The van der Waals surface area contributed by atoms with Gasteiger partial charge in [-0.15, -0.1) is 0 Å². The van der Waals surface area contributed by atoms with E-state index in [4.69, 9.17) is 37.0 Å². The minimum Gasteiger partial charge on any atom is -0.462 e. The summed E-state index contributed by atoms with van der Waals surface area (Å²) < 4.78 is 68.5. The highest BCUT2D eigenvalue weighted by Gasteiger charge is 2.30. The van der Waals surface area contributed by atoms with Gasteiger partial charge in [0.2, 0.25) is 0 Å². The van der Waals surface area contributed by atoms with Gasteiger partial charge in [-0.3, -0.25) is 37.3 Å². The van der Waals surface area contributed by atoms with E-state index in [9.17, 15) is 43.2 Å². The topological polar surface area (TPSA) is 237 Å². The average molecular weight is 1500 g/mol. The van der Waals surface area contributed by atoms with E-state index in [2.05, 4.69) is 131 Å². The first kappa shape index (κ1) is 99.5. The summed E-state index contributed by atoms with van der Waals surface area (Å²) in [6.45, 7) is 4.64. The molecule has 104 heavy (non-hydrogen) atoms. The van der Waals surface area contributed by atoms with Crippen molar-refractivity contribution < 1.29 is 80.2 Å². The predicted octanol–water partition coefficient (Wildman–Crippen LogP) is 23.9. The fourth-order valence-electron chi connectivity index (χ4n) is 10.7. The van der Waals surface area contributed by atoms with Crippen LogP contribution in [0, 0.1) is 0 Å². The minimum absolute atomic E-state index is 0.0312. The van der Waals surface area contributed by atoms with Gasteiger partial charge in [-0.1, -0.05) is 303 Å². The van der Waals surface area contributed by atoms with Gasteiger partial charge in [-0.2, -0.15) is 0 Å². The maximum absolute atomic E-state index is 13.1. The van der Waals surface area contributed by atoms with Crippen molar-refractivity contribution in [1.29, 1.82) is 0 Å². The lowest BCUT2D eigenvalue weighted by Gasteiger charge is -2.21. The second kappa shape index (κ2) is 76.6. The zero-order valence-electron chi connectivity index (χ0n) is 65.4. The van der Waals surface area contributed by atoms with Gasteiger partial charge in [0.15, 0.2) is 12.2 Å². The molecule has 0 aromatic heterocycles. The molecule has 0 saturated carbocycles. The van der Waals surface area contributed by atoms with Gasteiger partial charge in [-0.05, 0) is 128 Å². The number of ether oxygens (including phenoxy) is 4. The fourth-order valence-corrected chi connectivity index (χ4v) is 12.3. The monoisotopic (exact) mass is 1500 g/mol. The molecule has 0 aliphatic rings. The Bertz CT molecular complexity index is 2440. The van der Waals surface area contributed by atoms with Crippen molar-refractivity contribution in [2.75, 3.05) is 39.6 Å². The summed E-state index contributed by atoms with van der Waals surface area (Å²) in [7, 11) is -9.98. The summed E-state index contributed by atoms with van der Waals surface area (Å²) in [6, 6.07) is 0. The maximum atomic E-state index is 13.1. The summed E-state index contributed by atoms with van der Waals surface area (Å²) in [4.78, 5) is 73.0. The first-order chi connectivity index (χ1) is 50.7. The Labute approximate surface area is 632 Å². The van der Waals surface area contributed by atoms with Crippen LogP contribution in [0.3, 0.4) is 0 Å². The molecule has 0 spiro atoms. The van der Waals surface area contributed by atoms with Gasteiger partial charge < -0.3 is 33.8 Å². The highest BCUT2D eigenvalue weighted by molar-refractivity contribution is 7.47. The Balaban J connectivity index is 5.42. The fraction of sp³-hybridized carbons (Fsp3) is 0.718. The minimum atomic E-state index is -5.00. The smallest absolute Gasteiger partial charge is 0.462 e. The van der Waals surface area contributed by atoms with Gasteiger partial charge in [0, 0.05) is 25.7 Å². The van der Waals surface area contributed by atoms with Crippen molar-refractivity contribution in [2.24, 2.45) is 0 Å². The summed E-state index contributed by atoms with van der Waals surface area (Å²) in [5, 5.41) is 10.6. The molecule has 3 N–H and O–H groups in total. The van der Waals surface area contributed by atoms with Gasteiger partial charge in [0.25, 0.3) is 0 Å². The van der Waals surface area contributed by atoms with Crippen LogP contribution in [0.5, 0.6) is 0 Å². The number of rotatable bonds is 76. The number of aliphatic hydroxyl groups excluding tert-OH is 1. The molecule has 0 fully saturated rings. The number of carbonyl (C=O) groups is 4. The Morgan fingerprint density at radius 3 is 0.856 bits per heavy atom. The number of aliphatic hydroxyl groups is 1. The molecule has 0 rings (SSSR count). The largest absolute Gasteiger partial charge is 0.472 e. The van der Waals surface area contributed by atoms with Crippen molar-refractivity contribution in [3.8, 4) is 0 Å². The summed E-state index contributed by atoms with van der Waals surface area (Å²) >= 11 is 0. The molecule has 0 saturated heterocycles. The Kier molecular flexibility index (Phi) is 73.3. The van der Waals surface area contributed by atoms with Gasteiger partial charge in [0.1, 0.15) is 19.3 Å². The molecule has 5 unspecified atom stereocenters. The van der Waals surface area contributed by atoms with Gasteiger partial charge in [0.05, 0.1) is 26.4 Å². The zero-order chi connectivity index (χ0) is 76.0. The van der Waals surface area contributed by atoms with Crippen molar-refractivity contribution in [3.63, 3.8) is 0 Å². The average Bonchev–Trinajstić information content (AvgIpc) is 0.928. The molecule has 0 bridgehead atoms. The van der Waals surface area contributed by atoms with Crippen LogP contribution < -0.4 is 0 Å². The lowest BCUT2D eigenvalue weighted by molar-refractivity contribution is -0.161. The Morgan fingerprint density at radius 1 is 0.279 bits per heavy atom. The van der Waals surface area contributed by atoms with E-state index in [-0.39, 0.29) is 25.7 Å². The first-order valence-corrected chi connectivity index (χ1v) is 43.8. The van der Waals surface area contributed by atoms with Crippen LogP contribution in [0.4, 0.5) is 0 Å². The molecule has 0 radical (unpaired) electrons. The van der Waals surface area contributed by atoms with Crippen molar-refractivity contribution in [3.05, 3.63) is 122 Å². The number of carbonyl (C=O) groups excluding carboxylic acids is 4. The van der Waals surface area contributed by atoms with E-state index in [1.165, 1.54) is 96.3 Å². The molecule has 0 aromatic rings. The van der Waals surface area contributed by atoms with Crippen LogP contribution in [0.25, 0.3) is 0 Å². The van der Waals surface area contributed by atoms with E-state index < -0.39 is 97.5 Å². The molecular weight excluding hydrogens is 1350 g/mol. The lowest BCUT2D eigenvalue weighted by Crippen LogP contribution is -2.30. The second-order valence-corrected chi connectivity index (χ2v) is 29.9. The Morgan fingerprint density at radius 2 is 0.519 bits per heavy atom. The first-order valence-electron chi connectivity index (χ1n) is 40.8. The molecular formula is C85H146O17P2. The predicted molar refractivity (Wildman–Crippen MR) is 427 cm³/mol. The van der Waals surface area contributed by atoms with Crippen molar-refractivity contribution >= 4 is 39.5 Å². The van der Waals surface area contributed by atoms with E-state index >= 15 is 0 Å². The third kappa shape index (κ3) is 75.7. The number of allylic oxidation sites excluding steroid dienone is 20. The molecule has 0 aliphatic heterocycles. The number of phosphoric ester groups is 2. The van der Waals surface area contributed by atoms with Crippen LogP contribution in [-0.2, 0) is 65.4 Å². The third-order valence-electron chi connectivity index (χ3n) is 16.9. The van der Waals surface area contributed by atoms with Crippen LogP contribution >= 0.6 is 15.6 Å². The number of unbranched alkanes of at least 4 members (excludes halogenated alkanes) is 30. The Hall–Kier alpha value is -4.54. The molecule has 17 nitrogen and oxygen atoms in total. The van der Waals surface area contributed by atoms with Crippen molar-refractivity contribution in [1.82, 2.24) is 0 Å². The van der Waals surface area contributed by atoms with Crippen LogP contribution in [0.2, 0.25) is 0 Å². The molecule has 0 heterocycles. The quantitative estimate of drug-likeness (QED) is 0.0169. The van der Waals surface area contributed by atoms with Crippen LogP contribution in [-0.4, -0.2) is 96.7 Å². The normalized spacial score (nSPS) is 14.5. The standard InChI is InChI=1S/C85H146O17P2/c1-5-9-13-17-21-25-29-32-35-37-39-41-44-47-51-54-58-62-66-70-83(88)96-76-81(102-85(90)72-68-64-60-56-52-48-45-42-40-38-36-33-30-26-22-18-14-10-6-2)78-100-104(93,94)98-74-79(86)73-97-103(91,92)99-77-80(101-84(89)71-67-63-59-55-49-28-24-20-16-12-8-4)75-95-82(87)69-65-61-57-53-50-46-43-34-31-27-23-19-15-11-7-3/h9,13,21-22,25-26,32-36,39-43,47,51,58,62,79-81,86H,5-8,10-12,14-20,23-24,27-31,37-38,44-46,48-50,52-57,59-61,63-78H2,1-4H3,(H,91,92)(H,93,94)/b13-9-,25-21-,26-22-,35-32-,36-33-,41-39-,42-40-,43-34-,51-47-,62-58-. The zero-order valence-corrected chi connectivity index (χ0v) is 67.2. The van der Waals surface area contributed by atoms with Crippen LogP contribution in [0.15, 0.2) is 122 Å². The maximum Gasteiger partial charge on any atom is 0.472 e. The molecule has 0 aromatic carbocycles. The highest BCUT2D eigenvalue weighted by atomic mass is 31.2. The molecule has 5 atom stereocenters. The van der Waals surface area contributed by atoms with E-state index in [0.29, 0.717) is 32.1 Å². The molecule has 19 heteroatoms. The molecule has 0 aliphatic carbocycles. The second-order valence-electron chi connectivity index (χ2n) is 27.0. The summed E-state index contributed by atoms with van der Waals surface area (Å²) in [6.07, 6.45) is 84.7. The van der Waals surface area contributed by atoms with E-state index in [1.807, 2.05) is 18.2 Å². The highest BCUT2D eigenvalue weighted by Crippen LogP contribution is 2.45. The third-order valence-corrected chi connectivity index (χ3v) is 18.8. The number of hydrogen-bond acceptors (Lipinski definition) is 15. The summed E-state index contributed by atoms with van der Waals surface area (Å²) in [5.74, 6) is -2.28. The lowest BCUT2D eigenvalue weighted by atomic mass is 10.1.